The van der Waals surface area contributed by atoms with Crippen LogP contribution in [0.4, 0.5) is 0 Å². The van der Waals surface area contributed by atoms with E-state index in [9.17, 15) is 5.11 Å². The first-order valence-electron chi connectivity index (χ1n) is 9.02. The fraction of sp³-hybridized carbons (Fsp3) is 0.364. The normalized spacial score (nSPS) is 14.3. The zero-order chi connectivity index (χ0) is 19.2. The van der Waals surface area contributed by atoms with Crippen LogP contribution in [0.15, 0.2) is 72.3 Å². The number of aliphatic hydroxyl groups excluding tert-OH is 2. The van der Waals surface area contributed by atoms with E-state index in [1.54, 1.807) is 6.08 Å². The highest BCUT2D eigenvalue weighted by atomic mass is 28.4. The lowest BCUT2D eigenvalue weighted by atomic mass is 10.2. The summed E-state index contributed by atoms with van der Waals surface area (Å²) in [6.07, 6.45) is 0.815. The van der Waals surface area contributed by atoms with Crippen LogP contribution in [0.25, 0.3) is 0 Å². The monoisotopic (exact) mass is 370 g/mol. The highest BCUT2D eigenvalue weighted by Crippen LogP contribution is 2.36. The number of rotatable bonds is 7. The highest BCUT2D eigenvalue weighted by Gasteiger charge is 2.50. The molecule has 0 aliphatic heterocycles. The molecule has 2 aromatic carbocycles. The molecule has 0 aromatic heterocycles. The molecular weight excluding hydrogens is 340 g/mol. The van der Waals surface area contributed by atoms with E-state index in [-0.39, 0.29) is 11.6 Å². The van der Waals surface area contributed by atoms with Gasteiger partial charge < -0.3 is 14.6 Å². The molecule has 0 aliphatic carbocycles. The molecule has 0 amide bonds. The molecule has 2 aromatic rings. The lowest BCUT2D eigenvalue weighted by Crippen LogP contribution is -2.66. The second-order valence-corrected chi connectivity index (χ2v) is 12.0. The lowest BCUT2D eigenvalue weighted by Gasteiger charge is -2.43. The van der Waals surface area contributed by atoms with Gasteiger partial charge in [0.25, 0.3) is 8.32 Å². The minimum atomic E-state index is -2.56. The average Bonchev–Trinajstić information content (AvgIpc) is 2.62. The number of aliphatic hydroxyl groups is 2. The van der Waals surface area contributed by atoms with Gasteiger partial charge in [-0.25, -0.2) is 0 Å². The van der Waals surface area contributed by atoms with Gasteiger partial charge in [-0.1, -0.05) is 93.1 Å². The molecule has 0 unspecified atom stereocenters. The Hall–Kier alpha value is -1.72. The van der Waals surface area contributed by atoms with Crippen LogP contribution in [0, 0.1) is 0 Å². The summed E-state index contributed by atoms with van der Waals surface area (Å²) in [6.45, 7) is 8.78. The lowest BCUT2D eigenvalue weighted by molar-refractivity contribution is 0.130. The standard InChI is InChI=1S/C22H30O3Si/c1-18(15-19(24)16-23)17-25-26(22(2,3)4,20-11-7-5-8-12-20)21-13-9-6-10-14-21/h5-15,19,23-24H,16-17H2,1-4H3/b18-15-/t19-/m0/s1. The molecule has 0 bridgehead atoms. The van der Waals surface area contributed by atoms with Gasteiger partial charge in [-0.2, -0.15) is 0 Å². The van der Waals surface area contributed by atoms with Crippen molar-refractivity contribution in [3.05, 3.63) is 72.3 Å². The van der Waals surface area contributed by atoms with E-state index in [0.717, 1.165) is 5.57 Å². The molecule has 0 aliphatic rings. The zero-order valence-electron chi connectivity index (χ0n) is 16.1. The first kappa shape index (κ1) is 20.6. The second kappa shape index (κ2) is 8.78. The summed E-state index contributed by atoms with van der Waals surface area (Å²) in [6, 6.07) is 20.9. The summed E-state index contributed by atoms with van der Waals surface area (Å²) < 4.78 is 6.75. The fourth-order valence-corrected chi connectivity index (χ4v) is 8.01. The Morgan fingerprint density at radius 1 is 1.00 bits per heavy atom. The van der Waals surface area contributed by atoms with Gasteiger partial charge in [0.1, 0.15) is 0 Å². The van der Waals surface area contributed by atoms with Crippen LogP contribution >= 0.6 is 0 Å². The maximum Gasteiger partial charge on any atom is 0.261 e. The predicted octanol–water partition coefficient (Wildman–Crippen LogP) is 2.86. The topological polar surface area (TPSA) is 49.7 Å². The summed E-state index contributed by atoms with van der Waals surface area (Å²) >= 11 is 0. The van der Waals surface area contributed by atoms with Crippen molar-refractivity contribution in [1.82, 2.24) is 0 Å². The smallest absolute Gasteiger partial charge is 0.261 e. The molecule has 0 saturated carbocycles. The molecule has 140 valence electrons. The fourth-order valence-electron chi connectivity index (χ4n) is 3.41. The van der Waals surface area contributed by atoms with Crippen LogP contribution in [0.5, 0.6) is 0 Å². The van der Waals surface area contributed by atoms with Crippen molar-refractivity contribution < 1.29 is 14.6 Å². The number of hydrogen-bond acceptors (Lipinski definition) is 3. The van der Waals surface area contributed by atoms with Crippen LogP contribution in [-0.4, -0.2) is 37.8 Å². The Bertz CT molecular complexity index is 666. The first-order chi connectivity index (χ1) is 12.3. The van der Waals surface area contributed by atoms with Gasteiger partial charge in [0.15, 0.2) is 0 Å². The van der Waals surface area contributed by atoms with Gasteiger partial charge in [-0.05, 0) is 22.3 Å². The van der Waals surface area contributed by atoms with Crippen molar-refractivity contribution >= 4 is 18.7 Å². The molecule has 0 saturated heterocycles. The van der Waals surface area contributed by atoms with E-state index >= 15 is 0 Å². The largest absolute Gasteiger partial charge is 0.403 e. The highest BCUT2D eigenvalue weighted by molar-refractivity contribution is 6.99. The minimum absolute atomic E-state index is 0.0778. The molecule has 0 heterocycles. The Morgan fingerprint density at radius 3 is 1.85 bits per heavy atom. The summed E-state index contributed by atoms with van der Waals surface area (Å²) in [7, 11) is -2.56. The average molecular weight is 371 g/mol. The van der Waals surface area contributed by atoms with Crippen LogP contribution in [0.2, 0.25) is 5.04 Å². The Balaban J connectivity index is 2.52. The Kier molecular flexibility index (Phi) is 6.95. The van der Waals surface area contributed by atoms with E-state index in [0.29, 0.717) is 6.61 Å². The Labute approximate surface area is 158 Å². The third-order valence-corrected chi connectivity index (χ3v) is 9.58. The molecule has 26 heavy (non-hydrogen) atoms. The van der Waals surface area contributed by atoms with Gasteiger partial charge in [-0.15, -0.1) is 0 Å². The molecule has 3 nitrogen and oxygen atoms in total. The van der Waals surface area contributed by atoms with E-state index in [4.69, 9.17) is 9.53 Å². The summed E-state index contributed by atoms with van der Waals surface area (Å²) in [5.74, 6) is 0. The molecule has 0 spiro atoms. The van der Waals surface area contributed by atoms with Gasteiger partial charge in [0, 0.05) is 0 Å². The quantitative estimate of drug-likeness (QED) is 0.582. The van der Waals surface area contributed by atoms with E-state index in [1.807, 2.05) is 19.1 Å². The van der Waals surface area contributed by atoms with Gasteiger partial charge in [0.2, 0.25) is 0 Å². The van der Waals surface area contributed by atoms with Crippen LogP contribution in [0.3, 0.4) is 0 Å². The SMILES string of the molecule is C/C(=C/[C@H](O)CO)CO[Si](c1ccccc1)(c1ccccc1)C(C)(C)C. The van der Waals surface area contributed by atoms with Gasteiger partial charge >= 0.3 is 0 Å². The van der Waals surface area contributed by atoms with Crippen LogP contribution < -0.4 is 10.4 Å². The van der Waals surface area contributed by atoms with E-state index in [1.165, 1.54) is 10.4 Å². The maximum absolute atomic E-state index is 9.68. The molecule has 0 radical (unpaired) electrons. The van der Waals surface area contributed by atoms with Gasteiger partial charge in [0.05, 0.1) is 19.3 Å². The minimum Gasteiger partial charge on any atom is -0.403 e. The van der Waals surface area contributed by atoms with Gasteiger partial charge in [-0.3, -0.25) is 0 Å². The van der Waals surface area contributed by atoms with E-state index < -0.39 is 14.4 Å². The second-order valence-electron chi connectivity index (χ2n) is 7.71. The number of benzene rings is 2. The molecule has 0 fully saturated rings. The maximum atomic E-state index is 9.68. The van der Waals surface area contributed by atoms with E-state index in [2.05, 4.69) is 69.3 Å². The zero-order valence-corrected chi connectivity index (χ0v) is 17.1. The van der Waals surface area contributed by atoms with Crippen LogP contribution in [-0.2, 0) is 4.43 Å². The van der Waals surface area contributed by atoms with Crippen molar-refractivity contribution in [2.75, 3.05) is 13.2 Å². The summed E-state index contributed by atoms with van der Waals surface area (Å²) in [5.41, 5.74) is 0.916. The third-order valence-electron chi connectivity index (χ3n) is 4.60. The molecule has 4 heteroatoms. The van der Waals surface area contributed by atoms with Crippen molar-refractivity contribution in [2.45, 2.75) is 38.8 Å². The van der Waals surface area contributed by atoms with Crippen molar-refractivity contribution in [1.29, 1.82) is 0 Å². The molecule has 1 atom stereocenters. The molecule has 2 rings (SSSR count). The molecule has 2 N–H and O–H groups in total. The summed E-state index contributed by atoms with van der Waals surface area (Å²) in [4.78, 5) is 0. The van der Waals surface area contributed by atoms with Crippen molar-refractivity contribution in [2.24, 2.45) is 0 Å². The third kappa shape index (κ3) is 4.51. The predicted molar refractivity (Wildman–Crippen MR) is 110 cm³/mol. The summed E-state index contributed by atoms with van der Waals surface area (Å²) in [5, 5.41) is 21.1. The van der Waals surface area contributed by atoms with Crippen molar-refractivity contribution in [3.63, 3.8) is 0 Å². The molecular formula is C22H30O3Si. The first-order valence-corrected chi connectivity index (χ1v) is 10.9. The Morgan fingerprint density at radius 2 is 1.46 bits per heavy atom. The number of hydrogen-bond donors (Lipinski definition) is 2. The van der Waals surface area contributed by atoms with Crippen LogP contribution in [0.1, 0.15) is 27.7 Å². The van der Waals surface area contributed by atoms with Crippen molar-refractivity contribution in [3.8, 4) is 0 Å².